The Morgan fingerprint density at radius 3 is 2.59 bits per heavy atom. The highest BCUT2D eigenvalue weighted by molar-refractivity contribution is 9.10. The monoisotopic (exact) mass is 300 g/mol. The van der Waals surface area contributed by atoms with Gasteiger partial charge >= 0.3 is 6.18 Å². The highest BCUT2D eigenvalue weighted by Gasteiger charge is 2.30. The molecule has 2 aromatic rings. The van der Waals surface area contributed by atoms with Gasteiger partial charge in [0.25, 0.3) is 0 Å². The van der Waals surface area contributed by atoms with Crippen LogP contribution < -0.4 is 0 Å². The summed E-state index contributed by atoms with van der Waals surface area (Å²) in [7, 11) is 0. The summed E-state index contributed by atoms with van der Waals surface area (Å²) in [4.78, 5) is 3.92. The smallest absolute Gasteiger partial charge is 0.255 e. The third-order valence-corrected chi connectivity index (χ3v) is 3.10. The molecular formula is C11H4BrF3N2. The van der Waals surface area contributed by atoms with E-state index in [1.165, 1.54) is 12.3 Å². The van der Waals surface area contributed by atoms with E-state index in [0.29, 0.717) is 9.99 Å². The predicted octanol–water partition coefficient (Wildman–Crippen LogP) is 3.89. The molecule has 1 aromatic heterocycles. The van der Waals surface area contributed by atoms with Gasteiger partial charge in [0.15, 0.2) is 0 Å². The second kappa shape index (κ2) is 4.00. The lowest BCUT2D eigenvalue weighted by atomic mass is 10.1. The molecule has 0 fully saturated rings. The number of halogens is 4. The second-order valence-corrected chi connectivity index (χ2v) is 4.12. The van der Waals surface area contributed by atoms with Crippen molar-refractivity contribution in [2.75, 3.05) is 0 Å². The van der Waals surface area contributed by atoms with E-state index in [2.05, 4.69) is 20.9 Å². The third kappa shape index (κ3) is 2.11. The number of alkyl halides is 3. The number of hydrogen-bond donors (Lipinski definition) is 0. The largest absolute Gasteiger partial charge is 0.416 e. The van der Waals surface area contributed by atoms with Gasteiger partial charge < -0.3 is 0 Å². The van der Waals surface area contributed by atoms with Crippen molar-refractivity contribution in [3.63, 3.8) is 0 Å². The molecule has 0 saturated heterocycles. The van der Waals surface area contributed by atoms with Crippen LogP contribution in [0.2, 0.25) is 0 Å². The molecule has 17 heavy (non-hydrogen) atoms. The molecule has 0 bridgehead atoms. The van der Waals surface area contributed by atoms with Crippen molar-refractivity contribution in [3.8, 4) is 6.07 Å². The van der Waals surface area contributed by atoms with Crippen molar-refractivity contribution in [3.05, 3.63) is 40.0 Å². The normalized spacial score (nSPS) is 11.5. The maximum Gasteiger partial charge on any atom is 0.416 e. The number of pyridine rings is 1. The van der Waals surface area contributed by atoms with Gasteiger partial charge in [-0.15, -0.1) is 0 Å². The topological polar surface area (TPSA) is 36.7 Å². The van der Waals surface area contributed by atoms with Gasteiger partial charge in [0.05, 0.1) is 16.6 Å². The molecule has 0 aliphatic carbocycles. The van der Waals surface area contributed by atoms with Crippen molar-refractivity contribution in [1.29, 1.82) is 5.26 Å². The average molecular weight is 301 g/mol. The first-order valence-electron chi connectivity index (χ1n) is 4.49. The number of benzene rings is 1. The molecule has 0 amide bonds. The summed E-state index contributed by atoms with van der Waals surface area (Å²) in [6, 6.07) is 5.08. The van der Waals surface area contributed by atoms with Crippen LogP contribution in [0.1, 0.15) is 11.1 Å². The van der Waals surface area contributed by atoms with Crippen molar-refractivity contribution < 1.29 is 13.2 Å². The Morgan fingerprint density at radius 1 is 1.29 bits per heavy atom. The second-order valence-electron chi connectivity index (χ2n) is 3.33. The van der Waals surface area contributed by atoms with Crippen molar-refractivity contribution in [1.82, 2.24) is 4.98 Å². The standard InChI is InChI=1S/C11H4BrF3N2/c12-10-6(4-16)5-17-9-2-1-7(3-8(9)10)11(13,14)15/h1-3,5H. The van der Waals surface area contributed by atoms with Crippen molar-refractivity contribution in [2.24, 2.45) is 0 Å². The number of nitrogens with zero attached hydrogens (tertiary/aromatic N) is 2. The molecule has 2 nitrogen and oxygen atoms in total. The average Bonchev–Trinajstić information content (AvgIpc) is 2.28. The first-order chi connectivity index (χ1) is 7.93. The van der Waals surface area contributed by atoms with E-state index < -0.39 is 11.7 Å². The van der Waals surface area contributed by atoms with E-state index in [1.807, 2.05) is 6.07 Å². The van der Waals surface area contributed by atoms with Gasteiger partial charge in [-0.2, -0.15) is 18.4 Å². The zero-order valence-corrected chi connectivity index (χ0v) is 9.80. The molecule has 0 unspecified atom stereocenters. The van der Waals surface area contributed by atoms with Gasteiger partial charge in [0.1, 0.15) is 6.07 Å². The summed E-state index contributed by atoms with van der Waals surface area (Å²) in [6.45, 7) is 0. The van der Waals surface area contributed by atoms with Crippen LogP contribution in [-0.4, -0.2) is 4.98 Å². The van der Waals surface area contributed by atoms with E-state index in [-0.39, 0.29) is 10.9 Å². The number of hydrogen-bond acceptors (Lipinski definition) is 2. The van der Waals surface area contributed by atoms with Crippen LogP contribution in [0.25, 0.3) is 10.9 Å². The number of nitriles is 1. The van der Waals surface area contributed by atoms with Gasteiger partial charge in [-0.25, -0.2) is 0 Å². The van der Waals surface area contributed by atoms with Crippen LogP contribution in [0.3, 0.4) is 0 Å². The summed E-state index contributed by atoms with van der Waals surface area (Å²) in [6.07, 6.45) is -3.09. The van der Waals surface area contributed by atoms with Gasteiger partial charge in [-0.3, -0.25) is 4.98 Å². The third-order valence-electron chi connectivity index (χ3n) is 2.25. The zero-order valence-electron chi connectivity index (χ0n) is 8.22. The van der Waals surface area contributed by atoms with Crippen LogP contribution >= 0.6 is 15.9 Å². The summed E-state index contributed by atoms with van der Waals surface area (Å²) >= 11 is 3.11. The number of rotatable bonds is 0. The quantitative estimate of drug-likeness (QED) is 0.740. The lowest BCUT2D eigenvalue weighted by molar-refractivity contribution is -0.137. The number of aromatic nitrogens is 1. The highest BCUT2D eigenvalue weighted by atomic mass is 79.9. The van der Waals surface area contributed by atoms with E-state index in [0.717, 1.165) is 12.1 Å². The number of fused-ring (bicyclic) bond motifs is 1. The maximum absolute atomic E-state index is 12.5. The first-order valence-corrected chi connectivity index (χ1v) is 5.28. The van der Waals surface area contributed by atoms with Crippen LogP contribution in [0, 0.1) is 11.3 Å². The molecule has 0 aliphatic heterocycles. The molecule has 1 aromatic carbocycles. The molecule has 0 aliphatic rings. The molecule has 0 atom stereocenters. The molecule has 6 heteroatoms. The fourth-order valence-corrected chi connectivity index (χ4v) is 1.92. The minimum atomic E-state index is -4.41. The van der Waals surface area contributed by atoms with Crippen LogP contribution in [0.15, 0.2) is 28.9 Å². The summed E-state index contributed by atoms with van der Waals surface area (Å²) in [5.41, 5.74) is -0.150. The molecule has 0 spiro atoms. The van der Waals surface area contributed by atoms with Crippen molar-refractivity contribution in [2.45, 2.75) is 6.18 Å². The molecular weight excluding hydrogens is 297 g/mol. The van der Waals surface area contributed by atoms with E-state index >= 15 is 0 Å². The van der Waals surface area contributed by atoms with Gasteiger partial charge in [0, 0.05) is 16.1 Å². The molecule has 0 radical (unpaired) electrons. The predicted molar refractivity (Wildman–Crippen MR) is 59.2 cm³/mol. The highest BCUT2D eigenvalue weighted by Crippen LogP contribution is 2.33. The van der Waals surface area contributed by atoms with Gasteiger partial charge in [0.2, 0.25) is 0 Å². The molecule has 1 heterocycles. The zero-order chi connectivity index (χ0) is 12.6. The Balaban J connectivity index is 2.76. The van der Waals surface area contributed by atoms with Crippen LogP contribution in [0.4, 0.5) is 13.2 Å². The lowest BCUT2D eigenvalue weighted by Crippen LogP contribution is -2.04. The minimum absolute atomic E-state index is 0.205. The first kappa shape index (κ1) is 11.9. The SMILES string of the molecule is N#Cc1cnc2ccc(C(F)(F)F)cc2c1Br. The van der Waals surface area contributed by atoms with Gasteiger partial charge in [-0.1, -0.05) is 0 Å². The Hall–Kier alpha value is -1.61. The lowest BCUT2D eigenvalue weighted by Gasteiger charge is -2.08. The van der Waals surface area contributed by atoms with Crippen LogP contribution in [-0.2, 0) is 6.18 Å². The fourth-order valence-electron chi connectivity index (χ4n) is 1.41. The minimum Gasteiger partial charge on any atom is -0.255 e. The van der Waals surface area contributed by atoms with Crippen molar-refractivity contribution >= 4 is 26.8 Å². The maximum atomic E-state index is 12.5. The van der Waals surface area contributed by atoms with E-state index in [9.17, 15) is 13.2 Å². The van der Waals surface area contributed by atoms with E-state index in [4.69, 9.17) is 5.26 Å². The Morgan fingerprint density at radius 2 is 2.00 bits per heavy atom. The summed E-state index contributed by atoms with van der Waals surface area (Å²) in [5.74, 6) is 0. The fraction of sp³-hybridized carbons (Fsp3) is 0.0909. The summed E-state index contributed by atoms with van der Waals surface area (Å²) < 4.78 is 37.9. The van der Waals surface area contributed by atoms with Crippen LogP contribution in [0.5, 0.6) is 0 Å². The molecule has 86 valence electrons. The van der Waals surface area contributed by atoms with Gasteiger partial charge in [-0.05, 0) is 34.1 Å². The Labute approximate surface area is 103 Å². The molecule has 0 N–H and O–H groups in total. The molecule has 2 rings (SSSR count). The Kier molecular flexibility index (Phi) is 2.79. The Bertz CT molecular complexity index is 629. The van der Waals surface area contributed by atoms with E-state index in [1.54, 1.807) is 0 Å². The summed E-state index contributed by atoms with van der Waals surface area (Å²) in [5, 5.41) is 9.04. The molecule has 0 saturated carbocycles.